The first kappa shape index (κ1) is 20.3. The van der Waals surface area contributed by atoms with Crippen molar-refractivity contribution in [2.45, 2.75) is 25.9 Å². The molecular weight excluding hydrogens is 404 g/mol. The van der Waals surface area contributed by atoms with Crippen LogP contribution in [0.5, 0.6) is 11.5 Å². The van der Waals surface area contributed by atoms with Crippen molar-refractivity contribution in [3.8, 4) is 22.8 Å². The van der Waals surface area contributed by atoms with Gasteiger partial charge >= 0.3 is 0 Å². The second kappa shape index (κ2) is 8.84. The van der Waals surface area contributed by atoms with E-state index in [0.29, 0.717) is 0 Å². The van der Waals surface area contributed by atoms with E-state index in [-0.39, 0.29) is 11.9 Å². The largest absolute Gasteiger partial charge is 0.457 e. The van der Waals surface area contributed by atoms with E-state index >= 15 is 0 Å². The van der Waals surface area contributed by atoms with Crippen molar-refractivity contribution in [3.63, 3.8) is 0 Å². The number of nitrogens with zero attached hydrogens (tertiary/aromatic N) is 4. The highest BCUT2D eigenvalue weighted by molar-refractivity contribution is 5.79. The van der Waals surface area contributed by atoms with Gasteiger partial charge in [0.1, 0.15) is 11.5 Å². The number of amides is 1. The van der Waals surface area contributed by atoms with Gasteiger partial charge in [-0.25, -0.2) is 0 Å². The average Bonchev–Trinajstić information content (AvgIpc) is 3.53. The van der Waals surface area contributed by atoms with Crippen LogP contribution in [0.2, 0.25) is 0 Å². The molecular formula is C24H26N6O2. The number of ether oxygens (including phenoxy) is 1. The van der Waals surface area contributed by atoms with Crippen LogP contribution in [0, 0.1) is 0 Å². The Balaban J connectivity index is 1.20. The zero-order chi connectivity index (χ0) is 21.9. The molecule has 0 aliphatic carbocycles. The molecule has 1 atom stereocenters. The normalized spacial score (nSPS) is 16.5. The van der Waals surface area contributed by atoms with Crippen molar-refractivity contribution in [3.05, 3.63) is 60.9 Å². The number of likely N-dealkylation sites (tertiary alicyclic amines) is 1. The van der Waals surface area contributed by atoms with E-state index in [1.807, 2.05) is 53.2 Å². The van der Waals surface area contributed by atoms with E-state index in [0.717, 1.165) is 66.3 Å². The average molecular weight is 431 g/mol. The summed E-state index contributed by atoms with van der Waals surface area (Å²) in [5.41, 5.74) is 2.99. The molecule has 1 aliphatic rings. The van der Waals surface area contributed by atoms with Crippen molar-refractivity contribution in [1.82, 2.24) is 30.2 Å². The number of aromatic amines is 1. The van der Waals surface area contributed by atoms with Gasteiger partial charge in [0, 0.05) is 50.4 Å². The van der Waals surface area contributed by atoms with Crippen molar-refractivity contribution in [1.29, 1.82) is 0 Å². The third kappa shape index (κ3) is 4.65. The molecule has 0 saturated carbocycles. The van der Waals surface area contributed by atoms with Gasteiger partial charge < -0.3 is 10.1 Å². The molecule has 1 unspecified atom stereocenters. The number of aromatic nitrogens is 4. The maximum Gasteiger partial charge on any atom is 0.217 e. The third-order valence-electron chi connectivity index (χ3n) is 5.75. The zero-order valence-electron chi connectivity index (χ0n) is 18.0. The van der Waals surface area contributed by atoms with Crippen molar-refractivity contribution in [2.75, 3.05) is 19.6 Å². The lowest BCUT2D eigenvalue weighted by atomic mass is 10.1. The minimum absolute atomic E-state index is 0.0435. The maximum atomic E-state index is 11.2. The quantitative estimate of drug-likeness (QED) is 0.469. The number of benzene rings is 2. The second-order valence-electron chi connectivity index (χ2n) is 8.20. The lowest BCUT2D eigenvalue weighted by Crippen LogP contribution is -2.36. The van der Waals surface area contributed by atoms with E-state index in [9.17, 15) is 4.79 Å². The molecule has 2 N–H and O–H groups in total. The molecule has 2 aromatic heterocycles. The van der Waals surface area contributed by atoms with Crippen LogP contribution < -0.4 is 10.1 Å². The van der Waals surface area contributed by atoms with E-state index in [1.54, 1.807) is 13.1 Å². The van der Waals surface area contributed by atoms with E-state index in [4.69, 9.17) is 4.74 Å². The number of H-pyrrole nitrogens is 1. The highest BCUT2D eigenvalue weighted by Crippen LogP contribution is 2.27. The molecule has 3 heterocycles. The van der Waals surface area contributed by atoms with Crippen molar-refractivity contribution < 1.29 is 9.53 Å². The molecule has 0 bridgehead atoms. The van der Waals surface area contributed by atoms with Crippen LogP contribution in [0.3, 0.4) is 0 Å². The number of fused-ring (bicyclic) bond motifs is 1. The molecule has 1 amide bonds. The Kier molecular flexibility index (Phi) is 5.60. The van der Waals surface area contributed by atoms with Crippen LogP contribution in [0.25, 0.3) is 22.2 Å². The first-order chi connectivity index (χ1) is 15.6. The summed E-state index contributed by atoms with van der Waals surface area (Å²) in [6, 6.07) is 16.1. The molecule has 32 heavy (non-hydrogen) atoms. The standard InChI is InChI=1S/C24H26N6O2/c1-17(31)26-20-9-11-29(16-20)12-13-30-15-19-14-22(6-7-24(19)28-30)32-21-4-2-18(3-5-21)23-8-10-25-27-23/h2-8,10,14-15,20H,9,11-13,16H2,1H3,(H,25,27)(H,26,31). The second-order valence-corrected chi connectivity index (χ2v) is 8.20. The number of hydrogen-bond donors (Lipinski definition) is 2. The van der Waals surface area contributed by atoms with Gasteiger partial charge in [0.25, 0.3) is 0 Å². The number of rotatable bonds is 7. The molecule has 0 spiro atoms. The molecule has 1 aliphatic heterocycles. The van der Waals surface area contributed by atoms with E-state index in [1.165, 1.54) is 0 Å². The summed E-state index contributed by atoms with van der Waals surface area (Å²) < 4.78 is 8.03. The molecule has 8 nitrogen and oxygen atoms in total. The highest BCUT2D eigenvalue weighted by Gasteiger charge is 2.22. The van der Waals surface area contributed by atoms with Crippen LogP contribution in [-0.2, 0) is 11.3 Å². The van der Waals surface area contributed by atoms with Gasteiger partial charge in [-0.2, -0.15) is 10.2 Å². The molecule has 164 valence electrons. The smallest absolute Gasteiger partial charge is 0.217 e. The Morgan fingerprint density at radius 1 is 1.16 bits per heavy atom. The minimum Gasteiger partial charge on any atom is -0.457 e. The summed E-state index contributed by atoms with van der Waals surface area (Å²) in [5.74, 6) is 1.61. The predicted octanol–water partition coefficient (Wildman–Crippen LogP) is 3.43. The van der Waals surface area contributed by atoms with E-state index < -0.39 is 0 Å². The Morgan fingerprint density at radius 3 is 2.78 bits per heavy atom. The highest BCUT2D eigenvalue weighted by atomic mass is 16.5. The number of nitrogens with one attached hydrogen (secondary N) is 2. The summed E-state index contributed by atoms with van der Waals surface area (Å²) in [7, 11) is 0. The number of carbonyl (C=O) groups excluding carboxylic acids is 1. The molecule has 5 rings (SSSR count). The third-order valence-corrected chi connectivity index (χ3v) is 5.75. The van der Waals surface area contributed by atoms with Gasteiger partial charge in [-0.15, -0.1) is 0 Å². The first-order valence-corrected chi connectivity index (χ1v) is 10.9. The number of carbonyl (C=O) groups is 1. The Labute approximate surface area is 186 Å². The van der Waals surface area contributed by atoms with E-state index in [2.05, 4.69) is 31.7 Å². The monoisotopic (exact) mass is 430 g/mol. The first-order valence-electron chi connectivity index (χ1n) is 10.9. The fourth-order valence-electron chi connectivity index (χ4n) is 4.17. The van der Waals surface area contributed by atoms with Crippen LogP contribution in [0.1, 0.15) is 13.3 Å². The minimum atomic E-state index is 0.0435. The molecule has 1 saturated heterocycles. The SMILES string of the molecule is CC(=O)NC1CCN(CCn2cc3cc(Oc4ccc(-c5ccn[nH]5)cc4)ccc3n2)C1. The van der Waals surface area contributed by atoms with Crippen LogP contribution >= 0.6 is 0 Å². The predicted molar refractivity (Wildman–Crippen MR) is 122 cm³/mol. The van der Waals surface area contributed by atoms with Crippen LogP contribution in [-0.4, -0.2) is 56.5 Å². The lowest BCUT2D eigenvalue weighted by molar-refractivity contribution is -0.119. The van der Waals surface area contributed by atoms with Gasteiger partial charge in [0.15, 0.2) is 0 Å². The summed E-state index contributed by atoms with van der Waals surface area (Å²) in [6.45, 7) is 5.20. The number of hydrogen-bond acceptors (Lipinski definition) is 5. The maximum absolute atomic E-state index is 11.2. The molecule has 2 aromatic carbocycles. The fraction of sp³-hybridized carbons (Fsp3) is 0.292. The van der Waals surface area contributed by atoms with Crippen molar-refractivity contribution >= 4 is 16.8 Å². The molecule has 8 heteroatoms. The Bertz CT molecular complexity index is 1200. The Morgan fingerprint density at radius 2 is 2.00 bits per heavy atom. The van der Waals surface area contributed by atoms with Gasteiger partial charge in [-0.1, -0.05) is 0 Å². The van der Waals surface area contributed by atoms with Crippen LogP contribution in [0.4, 0.5) is 0 Å². The van der Waals surface area contributed by atoms with Gasteiger partial charge in [-0.3, -0.25) is 19.5 Å². The summed E-state index contributed by atoms with van der Waals surface area (Å²) in [4.78, 5) is 13.6. The van der Waals surface area contributed by atoms with Gasteiger partial charge in [0.2, 0.25) is 5.91 Å². The topological polar surface area (TPSA) is 88.1 Å². The molecule has 1 fully saturated rings. The summed E-state index contributed by atoms with van der Waals surface area (Å²) in [5, 5.41) is 15.7. The Hall–Kier alpha value is -3.65. The van der Waals surface area contributed by atoms with Crippen LogP contribution in [0.15, 0.2) is 60.9 Å². The molecule has 0 radical (unpaired) electrons. The lowest BCUT2D eigenvalue weighted by Gasteiger charge is -2.16. The van der Waals surface area contributed by atoms with Gasteiger partial charge in [-0.05, 0) is 60.5 Å². The fourth-order valence-corrected chi connectivity index (χ4v) is 4.17. The zero-order valence-corrected chi connectivity index (χ0v) is 18.0. The summed E-state index contributed by atoms with van der Waals surface area (Å²) >= 11 is 0. The van der Waals surface area contributed by atoms with Gasteiger partial charge in [0.05, 0.1) is 17.8 Å². The summed E-state index contributed by atoms with van der Waals surface area (Å²) in [6.07, 6.45) is 4.80. The molecule has 4 aromatic rings. The van der Waals surface area contributed by atoms with Crippen molar-refractivity contribution in [2.24, 2.45) is 0 Å².